The molecule has 0 aromatic rings. The minimum absolute atomic E-state index is 0.289. The van der Waals surface area contributed by atoms with Gasteiger partial charge in [0.15, 0.2) is 5.79 Å². The number of hydrogen-bond acceptors (Lipinski definition) is 4. The maximum absolute atomic E-state index is 6.23. The second-order valence-corrected chi connectivity index (χ2v) is 6.67. The van der Waals surface area contributed by atoms with E-state index in [1.54, 1.807) is 0 Å². The van der Waals surface area contributed by atoms with Crippen molar-refractivity contribution in [3.8, 4) is 0 Å². The Morgan fingerprint density at radius 1 is 1.41 bits per heavy atom. The molecule has 4 heteroatoms. The Balaban J connectivity index is 1.86. The van der Waals surface area contributed by atoms with Gasteiger partial charge in [-0.25, -0.2) is 0 Å². The molecule has 0 amide bonds. The summed E-state index contributed by atoms with van der Waals surface area (Å²) in [7, 11) is 0. The summed E-state index contributed by atoms with van der Waals surface area (Å²) in [6.07, 6.45) is 4.20. The van der Waals surface area contributed by atoms with Gasteiger partial charge in [-0.2, -0.15) is 11.8 Å². The average Bonchev–Trinajstić information content (AvgIpc) is 2.79. The topological polar surface area (TPSA) is 44.5 Å². The van der Waals surface area contributed by atoms with Crippen LogP contribution in [0.15, 0.2) is 0 Å². The van der Waals surface area contributed by atoms with Gasteiger partial charge in [-0.3, -0.25) is 0 Å². The third-order valence-electron chi connectivity index (χ3n) is 3.95. The van der Waals surface area contributed by atoms with E-state index < -0.39 is 0 Å². The number of rotatable bonds is 4. The molecule has 0 bridgehead atoms. The van der Waals surface area contributed by atoms with E-state index in [2.05, 4.69) is 13.8 Å². The van der Waals surface area contributed by atoms with Gasteiger partial charge in [0.25, 0.3) is 0 Å². The molecule has 0 aromatic heterocycles. The lowest BCUT2D eigenvalue weighted by Gasteiger charge is -2.39. The fraction of sp³-hybridized carbons (Fsp3) is 1.00. The number of thioether (sulfide) groups is 1. The molecular weight excluding hydrogens is 234 g/mol. The Morgan fingerprint density at radius 2 is 2.12 bits per heavy atom. The SMILES string of the molecule is CCC(C)CSC1CC2(CCC1N)OCCO2. The van der Waals surface area contributed by atoms with Crippen molar-refractivity contribution in [3.05, 3.63) is 0 Å². The van der Waals surface area contributed by atoms with E-state index in [0.29, 0.717) is 11.3 Å². The summed E-state index contributed by atoms with van der Waals surface area (Å²) in [5.41, 5.74) is 6.23. The zero-order valence-corrected chi connectivity index (χ0v) is 11.8. The van der Waals surface area contributed by atoms with E-state index >= 15 is 0 Å². The first-order chi connectivity index (χ1) is 8.15. The van der Waals surface area contributed by atoms with Crippen molar-refractivity contribution >= 4 is 11.8 Å². The van der Waals surface area contributed by atoms with Gasteiger partial charge in [0.1, 0.15) is 0 Å². The van der Waals surface area contributed by atoms with Gasteiger partial charge in [-0.05, 0) is 18.1 Å². The predicted molar refractivity (Wildman–Crippen MR) is 72.2 cm³/mol. The zero-order valence-electron chi connectivity index (χ0n) is 11.0. The standard InChI is InChI=1S/C13H25NO2S/c1-3-10(2)9-17-12-8-13(5-4-11(12)14)15-6-7-16-13/h10-12H,3-9,14H2,1-2H3. The van der Waals surface area contributed by atoms with Crippen LogP contribution in [-0.2, 0) is 9.47 Å². The number of ether oxygens (including phenoxy) is 2. The van der Waals surface area contributed by atoms with Crippen molar-refractivity contribution in [1.29, 1.82) is 0 Å². The lowest BCUT2D eigenvalue weighted by atomic mass is 9.90. The molecule has 0 radical (unpaired) electrons. The van der Waals surface area contributed by atoms with Crippen LogP contribution in [0.4, 0.5) is 0 Å². The molecule has 17 heavy (non-hydrogen) atoms. The lowest BCUT2D eigenvalue weighted by Crippen LogP contribution is -2.47. The Kier molecular flexibility index (Phi) is 4.75. The molecule has 1 heterocycles. The molecule has 0 aromatic carbocycles. The van der Waals surface area contributed by atoms with Crippen molar-refractivity contribution < 1.29 is 9.47 Å². The molecule has 100 valence electrons. The van der Waals surface area contributed by atoms with E-state index in [-0.39, 0.29) is 5.79 Å². The summed E-state index contributed by atoms with van der Waals surface area (Å²) in [5.74, 6) is 1.68. The van der Waals surface area contributed by atoms with Crippen molar-refractivity contribution in [2.24, 2.45) is 11.7 Å². The maximum atomic E-state index is 6.23. The molecular formula is C13H25NO2S. The maximum Gasteiger partial charge on any atom is 0.169 e. The number of hydrogen-bond donors (Lipinski definition) is 1. The van der Waals surface area contributed by atoms with E-state index in [4.69, 9.17) is 15.2 Å². The molecule has 1 aliphatic carbocycles. The molecule has 2 fully saturated rings. The highest BCUT2D eigenvalue weighted by Crippen LogP contribution is 2.40. The first-order valence-corrected chi connectivity index (χ1v) is 7.85. The second kappa shape index (κ2) is 5.91. The average molecular weight is 259 g/mol. The van der Waals surface area contributed by atoms with Crippen LogP contribution in [0.2, 0.25) is 0 Å². The summed E-state index contributed by atoms with van der Waals surface area (Å²) in [5, 5.41) is 0.496. The molecule has 2 aliphatic rings. The monoisotopic (exact) mass is 259 g/mol. The van der Waals surface area contributed by atoms with Crippen LogP contribution in [0.3, 0.4) is 0 Å². The molecule has 3 nitrogen and oxygen atoms in total. The lowest BCUT2D eigenvalue weighted by molar-refractivity contribution is -0.176. The quantitative estimate of drug-likeness (QED) is 0.842. The minimum atomic E-state index is -0.289. The van der Waals surface area contributed by atoms with Crippen LogP contribution in [-0.4, -0.2) is 36.0 Å². The van der Waals surface area contributed by atoms with E-state index in [1.807, 2.05) is 11.8 Å². The summed E-state index contributed by atoms with van der Waals surface area (Å²) in [6, 6.07) is 0.308. The van der Waals surface area contributed by atoms with Crippen molar-refractivity contribution in [1.82, 2.24) is 0 Å². The highest BCUT2D eigenvalue weighted by atomic mass is 32.2. The molecule has 2 rings (SSSR count). The van der Waals surface area contributed by atoms with Gasteiger partial charge in [0, 0.05) is 24.1 Å². The van der Waals surface area contributed by atoms with Crippen LogP contribution in [0.5, 0.6) is 0 Å². The fourth-order valence-electron chi connectivity index (χ4n) is 2.48. The van der Waals surface area contributed by atoms with E-state index in [0.717, 1.165) is 38.4 Å². The van der Waals surface area contributed by atoms with Gasteiger partial charge < -0.3 is 15.2 Å². The van der Waals surface area contributed by atoms with Crippen LogP contribution < -0.4 is 5.73 Å². The summed E-state index contributed by atoms with van der Waals surface area (Å²) in [6.45, 7) is 6.05. The minimum Gasteiger partial charge on any atom is -0.347 e. The van der Waals surface area contributed by atoms with Crippen LogP contribution in [0.25, 0.3) is 0 Å². The Hall–Kier alpha value is 0.230. The molecule has 1 aliphatic heterocycles. The third-order valence-corrected chi connectivity index (χ3v) is 5.66. The largest absolute Gasteiger partial charge is 0.347 e. The Labute approximate surface area is 109 Å². The third kappa shape index (κ3) is 3.37. The van der Waals surface area contributed by atoms with Gasteiger partial charge >= 0.3 is 0 Å². The summed E-state index contributed by atoms with van der Waals surface area (Å²) >= 11 is 2.01. The molecule has 3 unspecified atom stereocenters. The zero-order chi connectivity index (χ0) is 12.3. The molecule has 3 atom stereocenters. The van der Waals surface area contributed by atoms with Gasteiger partial charge in [-0.15, -0.1) is 0 Å². The van der Waals surface area contributed by atoms with Crippen LogP contribution in [0, 0.1) is 5.92 Å². The number of nitrogens with two attached hydrogens (primary N) is 1. The van der Waals surface area contributed by atoms with E-state index in [1.165, 1.54) is 12.2 Å². The Morgan fingerprint density at radius 3 is 2.76 bits per heavy atom. The molecule has 1 saturated carbocycles. The molecule has 2 N–H and O–H groups in total. The summed E-state index contributed by atoms with van der Waals surface area (Å²) in [4.78, 5) is 0. The van der Waals surface area contributed by atoms with Crippen molar-refractivity contribution in [3.63, 3.8) is 0 Å². The molecule has 1 saturated heterocycles. The van der Waals surface area contributed by atoms with Crippen LogP contribution in [0.1, 0.15) is 39.5 Å². The normalized spacial score (nSPS) is 34.1. The van der Waals surface area contributed by atoms with Crippen molar-refractivity contribution in [2.45, 2.75) is 56.6 Å². The van der Waals surface area contributed by atoms with Gasteiger partial charge in [0.05, 0.1) is 13.2 Å². The van der Waals surface area contributed by atoms with Gasteiger partial charge in [-0.1, -0.05) is 20.3 Å². The van der Waals surface area contributed by atoms with Gasteiger partial charge in [0.2, 0.25) is 0 Å². The van der Waals surface area contributed by atoms with E-state index in [9.17, 15) is 0 Å². The smallest absolute Gasteiger partial charge is 0.169 e. The highest BCUT2D eigenvalue weighted by Gasteiger charge is 2.44. The highest BCUT2D eigenvalue weighted by molar-refractivity contribution is 7.99. The predicted octanol–water partition coefficient (Wildman–Crippen LogP) is 2.39. The first kappa shape index (κ1) is 13.7. The van der Waals surface area contributed by atoms with Crippen LogP contribution >= 0.6 is 11.8 Å². The fourth-order valence-corrected chi connectivity index (χ4v) is 4.05. The van der Waals surface area contributed by atoms with Crippen molar-refractivity contribution in [2.75, 3.05) is 19.0 Å². The Bertz CT molecular complexity index is 244. The first-order valence-electron chi connectivity index (χ1n) is 6.80. The second-order valence-electron chi connectivity index (χ2n) is 5.40. The molecule has 1 spiro atoms. The summed E-state index contributed by atoms with van der Waals surface area (Å²) < 4.78 is 11.6.